The second-order valence-electron chi connectivity index (χ2n) is 4.01. The standard InChI is InChI=1S/C10H18N4/c1-13-6-4-8-10(9(13)3-5-11)14(2)7-12-8/h7,9H,3-6,11H2,1-2H3. The summed E-state index contributed by atoms with van der Waals surface area (Å²) in [5.74, 6) is 0. The number of rotatable bonds is 2. The van der Waals surface area contributed by atoms with E-state index in [4.69, 9.17) is 5.73 Å². The minimum Gasteiger partial charge on any atom is -0.336 e. The quantitative estimate of drug-likeness (QED) is 0.736. The van der Waals surface area contributed by atoms with Crippen molar-refractivity contribution in [3.8, 4) is 0 Å². The van der Waals surface area contributed by atoms with Crippen LogP contribution in [-0.2, 0) is 13.5 Å². The summed E-state index contributed by atoms with van der Waals surface area (Å²) in [4.78, 5) is 6.79. The highest BCUT2D eigenvalue weighted by Gasteiger charge is 2.27. The van der Waals surface area contributed by atoms with Crippen LogP contribution in [0, 0.1) is 0 Å². The fourth-order valence-electron chi connectivity index (χ4n) is 2.27. The molecule has 0 saturated carbocycles. The number of nitrogens with zero attached hydrogens (tertiary/aromatic N) is 3. The van der Waals surface area contributed by atoms with Crippen molar-refractivity contribution in [1.29, 1.82) is 0 Å². The lowest BCUT2D eigenvalue weighted by atomic mass is 10.0. The molecule has 2 N–H and O–H groups in total. The van der Waals surface area contributed by atoms with E-state index in [1.807, 2.05) is 6.33 Å². The molecule has 0 amide bonds. The highest BCUT2D eigenvalue weighted by atomic mass is 15.2. The predicted molar refractivity (Wildman–Crippen MR) is 56.0 cm³/mol. The number of aryl methyl sites for hydroxylation is 1. The molecule has 1 unspecified atom stereocenters. The highest BCUT2D eigenvalue weighted by molar-refractivity contribution is 5.20. The van der Waals surface area contributed by atoms with Crippen molar-refractivity contribution in [1.82, 2.24) is 14.5 Å². The monoisotopic (exact) mass is 194 g/mol. The van der Waals surface area contributed by atoms with Gasteiger partial charge in [0.2, 0.25) is 0 Å². The molecule has 0 aliphatic carbocycles. The maximum absolute atomic E-state index is 5.64. The van der Waals surface area contributed by atoms with Crippen LogP contribution in [0.1, 0.15) is 23.9 Å². The van der Waals surface area contributed by atoms with Crippen molar-refractivity contribution in [3.63, 3.8) is 0 Å². The number of hydrogen-bond donors (Lipinski definition) is 1. The Morgan fingerprint density at radius 2 is 2.36 bits per heavy atom. The number of hydrogen-bond acceptors (Lipinski definition) is 3. The Morgan fingerprint density at radius 1 is 1.57 bits per heavy atom. The Hall–Kier alpha value is -0.870. The molecule has 1 aliphatic heterocycles. The summed E-state index contributed by atoms with van der Waals surface area (Å²) >= 11 is 0. The zero-order valence-corrected chi connectivity index (χ0v) is 8.90. The minimum atomic E-state index is 0.455. The normalized spacial score (nSPS) is 22.4. The van der Waals surface area contributed by atoms with Gasteiger partial charge in [0.1, 0.15) is 0 Å². The van der Waals surface area contributed by atoms with Gasteiger partial charge in [-0.15, -0.1) is 0 Å². The van der Waals surface area contributed by atoms with Crippen LogP contribution in [-0.4, -0.2) is 34.6 Å². The molecule has 0 aromatic carbocycles. The highest BCUT2D eigenvalue weighted by Crippen LogP contribution is 2.29. The molecular formula is C10H18N4. The fraction of sp³-hybridized carbons (Fsp3) is 0.700. The van der Waals surface area contributed by atoms with Crippen molar-refractivity contribution in [2.75, 3.05) is 20.1 Å². The summed E-state index contributed by atoms with van der Waals surface area (Å²) in [6.07, 6.45) is 3.99. The van der Waals surface area contributed by atoms with E-state index in [0.717, 1.165) is 25.9 Å². The number of aromatic nitrogens is 2. The van der Waals surface area contributed by atoms with E-state index in [-0.39, 0.29) is 0 Å². The van der Waals surface area contributed by atoms with Gasteiger partial charge in [0.25, 0.3) is 0 Å². The molecule has 0 spiro atoms. The van der Waals surface area contributed by atoms with Crippen molar-refractivity contribution in [2.24, 2.45) is 12.8 Å². The molecule has 2 heterocycles. The van der Waals surface area contributed by atoms with E-state index in [1.165, 1.54) is 11.4 Å². The molecule has 14 heavy (non-hydrogen) atoms. The van der Waals surface area contributed by atoms with Crippen LogP contribution in [0.2, 0.25) is 0 Å². The first kappa shape index (κ1) is 9.68. The van der Waals surface area contributed by atoms with Crippen LogP contribution >= 0.6 is 0 Å². The summed E-state index contributed by atoms with van der Waals surface area (Å²) in [5, 5.41) is 0. The van der Waals surface area contributed by atoms with Gasteiger partial charge in [0.15, 0.2) is 0 Å². The summed E-state index contributed by atoms with van der Waals surface area (Å²) in [6.45, 7) is 1.83. The number of imidazole rings is 1. The molecular weight excluding hydrogens is 176 g/mol. The van der Waals surface area contributed by atoms with Gasteiger partial charge in [-0.1, -0.05) is 0 Å². The Labute approximate surface area is 84.7 Å². The number of nitrogens with two attached hydrogens (primary N) is 1. The van der Waals surface area contributed by atoms with Crippen molar-refractivity contribution < 1.29 is 0 Å². The topological polar surface area (TPSA) is 47.1 Å². The van der Waals surface area contributed by atoms with Gasteiger partial charge in [0.05, 0.1) is 23.8 Å². The fourth-order valence-corrected chi connectivity index (χ4v) is 2.27. The zero-order valence-electron chi connectivity index (χ0n) is 8.90. The van der Waals surface area contributed by atoms with Gasteiger partial charge in [-0.05, 0) is 20.0 Å². The van der Waals surface area contributed by atoms with Gasteiger partial charge in [-0.3, -0.25) is 4.90 Å². The molecule has 78 valence electrons. The zero-order chi connectivity index (χ0) is 10.1. The minimum absolute atomic E-state index is 0.455. The Bertz CT molecular complexity index is 318. The van der Waals surface area contributed by atoms with Gasteiger partial charge in [-0.2, -0.15) is 0 Å². The third-order valence-corrected chi connectivity index (χ3v) is 3.05. The molecule has 1 atom stereocenters. The molecule has 0 radical (unpaired) electrons. The average Bonchev–Trinajstić information content (AvgIpc) is 2.53. The molecule has 0 bridgehead atoms. The van der Waals surface area contributed by atoms with E-state index in [2.05, 4.69) is 28.5 Å². The summed E-state index contributed by atoms with van der Waals surface area (Å²) in [5.41, 5.74) is 8.25. The Kier molecular flexibility index (Phi) is 2.56. The molecule has 1 aliphatic rings. The number of fused-ring (bicyclic) bond motifs is 1. The van der Waals surface area contributed by atoms with Crippen molar-refractivity contribution in [2.45, 2.75) is 18.9 Å². The van der Waals surface area contributed by atoms with E-state index in [9.17, 15) is 0 Å². The van der Waals surface area contributed by atoms with Crippen LogP contribution < -0.4 is 5.73 Å². The van der Waals surface area contributed by atoms with E-state index in [0.29, 0.717) is 6.04 Å². The largest absolute Gasteiger partial charge is 0.336 e. The second-order valence-corrected chi connectivity index (χ2v) is 4.01. The van der Waals surface area contributed by atoms with Crippen LogP contribution in [0.25, 0.3) is 0 Å². The Morgan fingerprint density at radius 3 is 3.07 bits per heavy atom. The molecule has 4 nitrogen and oxygen atoms in total. The summed E-state index contributed by atoms with van der Waals surface area (Å²) < 4.78 is 2.13. The van der Waals surface area contributed by atoms with E-state index in [1.54, 1.807) is 0 Å². The third-order valence-electron chi connectivity index (χ3n) is 3.05. The smallest absolute Gasteiger partial charge is 0.0949 e. The van der Waals surface area contributed by atoms with Crippen LogP contribution in [0.4, 0.5) is 0 Å². The molecule has 0 fully saturated rings. The first-order valence-electron chi connectivity index (χ1n) is 5.14. The first-order chi connectivity index (χ1) is 6.74. The second kappa shape index (κ2) is 3.71. The van der Waals surface area contributed by atoms with Gasteiger partial charge in [-0.25, -0.2) is 4.98 Å². The maximum atomic E-state index is 5.64. The molecule has 0 saturated heterocycles. The molecule has 4 heteroatoms. The lowest BCUT2D eigenvalue weighted by Crippen LogP contribution is -2.34. The van der Waals surface area contributed by atoms with Crippen LogP contribution in [0.3, 0.4) is 0 Å². The van der Waals surface area contributed by atoms with Gasteiger partial charge < -0.3 is 10.3 Å². The summed E-state index contributed by atoms with van der Waals surface area (Å²) in [7, 11) is 4.23. The third kappa shape index (κ3) is 1.44. The summed E-state index contributed by atoms with van der Waals surface area (Å²) in [6, 6.07) is 0.455. The van der Waals surface area contributed by atoms with E-state index < -0.39 is 0 Å². The predicted octanol–water partition coefficient (Wildman–Crippen LogP) is 0.298. The molecule has 1 aromatic heterocycles. The first-order valence-corrected chi connectivity index (χ1v) is 5.14. The molecule has 2 rings (SSSR count). The molecule has 1 aromatic rings. The van der Waals surface area contributed by atoms with Crippen molar-refractivity contribution >= 4 is 0 Å². The van der Waals surface area contributed by atoms with Crippen molar-refractivity contribution in [3.05, 3.63) is 17.7 Å². The van der Waals surface area contributed by atoms with Crippen LogP contribution in [0.5, 0.6) is 0 Å². The Balaban J connectivity index is 2.34. The SMILES string of the molecule is CN1CCc2ncn(C)c2C1CCN. The van der Waals surface area contributed by atoms with Gasteiger partial charge in [0, 0.05) is 20.0 Å². The lowest BCUT2D eigenvalue weighted by Gasteiger charge is -2.32. The average molecular weight is 194 g/mol. The van der Waals surface area contributed by atoms with Crippen LogP contribution in [0.15, 0.2) is 6.33 Å². The number of likely N-dealkylation sites (N-methyl/N-ethyl adjacent to an activating group) is 1. The lowest BCUT2D eigenvalue weighted by molar-refractivity contribution is 0.212. The van der Waals surface area contributed by atoms with E-state index >= 15 is 0 Å². The van der Waals surface area contributed by atoms with Gasteiger partial charge >= 0.3 is 0 Å². The maximum Gasteiger partial charge on any atom is 0.0949 e.